The number of carbonyl (C=O) groups excluding carboxylic acids is 1. The van der Waals surface area contributed by atoms with Gasteiger partial charge in [-0.2, -0.15) is 0 Å². The molecule has 1 aromatic heterocycles. The number of halogens is 1. The van der Waals surface area contributed by atoms with E-state index < -0.39 is 33.1 Å². The van der Waals surface area contributed by atoms with Crippen LogP contribution in [0, 0.1) is 5.92 Å². The molecule has 0 spiro atoms. The Balaban J connectivity index is 1.18. The minimum Gasteiger partial charge on any atom is -0.322 e. The van der Waals surface area contributed by atoms with Crippen molar-refractivity contribution in [2.45, 2.75) is 80.0 Å². The molecule has 1 unspecified atom stereocenters. The first-order valence-corrected chi connectivity index (χ1v) is 16.0. The first-order chi connectivity index (χ1) is 19.2. The maximum atomic E-state index is 15.3. The summed E-state index contributed by atoms with van der Waals surface area (Å²) in [6.07, 6.45) is 6.13. The summed E-state index contributed by atoms with van der Waals surface area (Å²) in [7, 11) is -3.11. The number of alkyl halides is 1. The number of nitrogens with zero attached hydrogens (tertiary/aromatic N) is 1. The highest BCUT2D eigenvalue weighted by Crippen LogP contribution is 2.41. The highest BCUT2D eigenvalue weighted by atomic mass is 32.2. The number of aromatic nitrogens is 1. The van der Waals surface area contributed by atoms with Crippen LogP contribution in [0.25, 0.3) is 22.4 Å². The van der Waals surface area contributed by atoms with Crippen molar-refractivity contribution in [1.82, 2.24) is 4.98 Å². The fourth-order valence-corrected chi connectivity index (χ4v) is 8.48. The van der Waals surface area contributed by atoms with Crippen LogP contribution >= 0.6 is 0 Å². The van der Waals surface area contributed by atoms with E-state index in [-0.39, 0.29) is 10.8 Å². The molecular formula is C32H36FN3O3S. The van der Waals surface area contributed by atoms with E-state index in [1.807, 2.05) is 48.5 Å². The summed E-state index contributed by atoms with van der Waals surface area (Å²) in [6.45, 7) is 0. The van der Waals surface area contributed by atoms with Crippen molar-refractivity contribution in [3.8, 4) is 22.4 Å². The van der Waals surface area contributed by atoms with Crippen LogP contribution in [-0.4, -0.2) is 36.0 Å². The van der Waals surface area contributed by atoms with Crippen LogP contribution in [0.2, 0.25) is 0 Å². The predicted molar refractivity (Wildman–Crippen MR) is 156 cm³/mol. The average Bonchev–Trinajstić information content (AvgIpc) is 3.83. The highest BCUT2D eigenvalue weighted by Gasteiger charge is 2.44. The summed E-state index contributed by atoms with van der Waals surface area (Å²) in [5.74, 6) is -1.19. The molecule has 6 nitrogen and oxygen atoms in total. The standard InChI is InChI=1S/C32H36FN3O3S/c33-29(22-9-13-26(14-10-22)40(38,39)27-15-16-27)31(37)36-25-19-28(21-5-2-1-3-6-21)30(35-20-25)23-7-11-24(12-8-23)32(34)17-4-18-32/h1-3,5-8,11-12,19-20,22,26-27,29H,4,9-10,13-18,34H2,(H,36,37). The van der Waals surface area contributed by atoms with E-state index in [1.165, 1.54) is 0 Å². The molecular weight excluding hydrogens is 525 g/mol. The summed E-state index contributed by atoms with van der Waals surface area (Å²) in [5, 5.41) is 2.13. The largest absolute Gasteiger partial charge is 0.322 e. The van der Waals surface area contributed by atoms with Gasteiger partial charge in [0, 0.05) is 16.7 Å². The Kier molecular flexibility index (Phi) is 7.25. The van der Waals surface area contributed by atoms with Gasteiger partial charge in [0.05, 0.1) is 28.1 Å². The van der Waals surface area contributed by atoms with Crippen LogP contribution in [0.3, 0.4) is 0 Å². The van der Waals surface area contributed by atoms with Crippen LogP contribution in [0.15, 0.2) is 66.9 Å². The maximum absolute atomic E-state index is 15.3. The lowest BCUT2D eigenvalue weighted by molar-refractivity contribution is -0.123. The lowest BCUT2D eigenvalue weighted by Crippen LogP contribution is -2.43. The molecule has 3 N–H and O–H groups in total. The zero-order valence-corrected chi connectivity index (χ0v) is 23.4. The minimum atomic E-state index is -3.11. The van der Waals surface area contributed by atoms with E-state index in [0.29, 0.717) is 31.4 Å². The maximum Gasteiger partial charge on any atom is 0.259 e. The van der Waals surface area contributed by atoms with Gasteiger partial charge in [-0.25, -0.2) is 12.8 Å². The first kappa shape index (κ1) is 27.1. The van der Waals surface area contributed by atoms with E-state index in [9.17, 15) is 13.2 Å². The highest BCUT2D eigenvalue weighted by molar-refractivity contribution is 7.92. The molecule has 1 heterocycles. The Bertz CT molecular complexity index is 1480. The van der Waals surface area contributed by atoms with Gasteiger partial charge in [0.25, 0.3) is 5.91 Å². The molecule has 1 amide bonds. The van der Waals surface area contributed by atoms with Crippen molar-refractivity contribution in [3.05, 3.63) is 72.4 Å². The predicted octanol–water partition coefficient (Wildman–Crippen LogP) is 6.17. The van der Waals surface area contributed by atoms with E-state index in [1.54, 1.807) is 6.20 Å². The molecule has 3 aromatic rings. The molecule has 1 atom stereocenters. The van der Waals surface area contributed by atoms with Crippen LogP contribution in [0.4, 0.5) is 10.1 Å². The SMILES string of the molecule is NC1(c2ccc(-c3ncc(NC(=O)C(F)C4CCC(S(=O)(=O)C5CC5)CC4)cc3-c3ccccc3)cc2)CCC1. The third kappa shape index (κ3) is 5.31. The van der Waals surface area contributed by atoms with Crippen LogP contribution in [0.5, 0.6) is 0 Å². The lowest BCUT2D eigenvalue weighted by Gasteiger charge is -2.38. The van der Waals surface area contributed by atoms with Crippen molar-refractivity contribution in [2.75, 3.05) is 5.32 Å². The number of nitrogens with two attached hydrogens (primary N) is 1. The smallest absolute Gasteiger partial charge is 0.259 e. The van der Waals surface area contributed by atoms with Gasteiger partial charge >= 0.3 is 0 Å². The normalized spacial score (nSPS) is 23.1. The second-order valence-electron chi connectivity index (χ2n) is 11.8. The number of pyridine rings is 1. The van der Waals surface area contributed by atoms with Gasteiger partial charge < -0.3 is 11.1 Å². The van der Waals surface area contributed by atoms with Gasteiger partial charge in [0.2, 0.25) is 0 Å². The van der Waals surface area contributed by atoms with E-state index in [4.69, 9.17) is 10.7 Å². The first-order valence-electron chi connectivity index (χ1n) is 14.4. The number of sulfone groups is 1. The zero-order chi connectivity index (χ0) is 27.9. The number of hydrogen-bond donors (Lipinski definition) is 2. The molecule has 0 bridgehead atoms. The minimum absolute atomic E-state index is 0.203. The van der Waals surface area contributed by atoms with E-state index in [2.05, 4.69) is 17.4 Å². The van der Waals surface area contributed by atoms with Gasteiger partial charge in [0.15, 0.2) is 16.0 Å². The Morgan fingerprint density at radius 1 is 0.925 bits per heavy atom. The van der Waals surface area contributed by atoms with E-state index >= 15 is 4.39 Å². The fraction of sp³-hybridized carbons (Fsp3) is 0.438. The molecule has 0 aliphatic heterocycles. The number of rotatable bonds is 8. The van der Waals surface area contributed by atoms with Crippen molar-refractivity contribution in [2.24, 2.45) is 11.7 Å². The molecule has 2 aromatic carbocycles. The monoisotopic (exact) mass is 561 g/mol. The number of nitrogens with one attached hydrogen (secondary N) is 1. The van der Waals surface area contributed by atoms with Gasteiger partial charge in [-0.05, 0) is 80.9 Å². The van der Waals surface area contributed by atoms with Crippen LogP contribution in [-0.2, 0) is 20.2 Å². The third-order valence-corrected chi connectivity index (χ3v) is 11.9. The number of anilines is 1. The fourth-order valence-electron chi connectivity index (χ4n) is 6.21. The molecule has 6 rings (SSSR count). The summed E-state index contributed by atoms with van der Waals surface area (Å²) in [6, 6.07) is 19.8. The Morgan fingerprint density at radius 3 is 2.12 bits per heavy atom. The van der Waals surface area contributed by atoms with Crippen LogP contribution in [0.1, 0.15) is 63.4 Å². The summed E-state index contributed by atoms with van der Waals surface area (Å²) < 4.78 is 40.4. The van der Waals surface area contributed by atoms with Gasteiger partial charge in [0.1, 0.15) is 0 Å². The van der Waals surface area contributed by atoms with Crippen molar-refractivity contribution < 1.29 is 17.6 Å². The molecule has 8 heteroatoms. The van der Waals surface area contributed by atoms with Gasteiger partial charge in [-0.1, -0.05) is 54.6 Å². The lowest BCUT2D eigenvalue weighted by atomic mass is 9.72. The molecule has 3 saturated carbocycles. The molecule has 210 valence electrons. The van der Waals surface area contributed by atoms with Gasteiger partial charge in [-0.3, -0.25) is 9.78 Å². The van der Waals surface area contributed by atoms with Crippen LogP contribution < -0.4 is 11.1 Å². The van der Waals surface area contributed by atoms with Crippen molar-refractivity contribution >= 4 is 21.4 Å². The quantitative estimate of drug-likeness (QED) is 0.343. The Labute approximate surface area is 235 Å². The average molecular weight is 562 g/mol. The second kappa shape index (κ2) is 10.7. The number of carbonyl (C=O) groups is 1. The zero-order valence-electron chi connectivity index (χ0n) is 22.6. The topological polar surface area (TPSA) is 102 Å². The molecule has 0 saturated heterocycles. The summed E-state index contributed by atoms with van der Waals surface area (Å²) >= 11 is 0. The molecule has 40 heavy (non-hydrogen) atoms. The van der Waals surface area contributed by atoms with E-state index in [0.717, 1.165) is 60.1 Å². The van der Waals surface area contributed by atoms with Crippen molar-refractivity contribution in [1.29, 1.82) is 0 Å². The summed E-state index contributed by atoms with van der Waals surface area (Å²) in [4.78, 5) is 17.6. The third-order valence-electron chi connectivity index (χ3n) is 9.06. The van der Waals surface area contributed by atoms with Crippen molar-refractivity contribution in [3.63, 3.8) is 0 Å². The summed E-state index contributed by atoms with van der Waals surface area (Å²) in [5.41, 5.74) is 11.3. The number of benzene rings is 2. The molecule has 3 aliphatic carbocycles. The second-order valence-corrected chi connectivity index (χ2v) is 14.3. The number of amides is 1. The van der Waals surface area contributed by atoms with Gasteiger partial charge in [-0.15, -0.1) is 0 Å². The molecule has 3 fully saturated rings. The Morgan fingerprint density at radius 2 is 1.55 bits per heavy atom. The molecule has 3 aliphatic rings. The Hall–Kier alpha value is -3.10. The molecule has 0 radical (unpaired) electrons. The number of hydrogen-bond acceptors (Lipinski definition) is 5.